The third kappa shape index (κ3) is 5.19. The Balaban J connectivity index is 1.39. The number of carbonyl (C=O) groups excluding carboxylic acids is 1. The summed E-state index contributed by atoms with van der Waals surface area (Å²) in [7, 11) is -3.97. The summed E-state index contributed by atoms with van der Waals surface area (Å²) in [6.45, 7) is 4.36. The van der Waals surface area contributed by atoms with Gasteiger partial charge >= 0.3 is 0 Å². The monoisotopic (exact) mass is 551 g/mol. The molecular weight excluding hydrogens is 518 g/mol. The molecule has 0 aromatic heterocycles. The Morgan fingerprint density at radius 2 is 1.64 bits per heavy atom. The molecule has 1 aliphatic carbocycles. The van der Waals surface area contributed by atoms with Crippen LogP contribution < -0.4 is 14.2 Å². The van der Waals surface area contributed by atoms with Crippen molar-refractivity contribution in [2.45, 2.75) is 55.9 Å². The zero-order valence-electron chi connectivity index (χ0n) is 22.3. The summed E-state index contributed by atoms with van der Waals surface area (Å²) in [5.41, 5.74) is 3.54. The third-order valence-corrected chi connectivity index (χ3v) is 9.39. The highest BCUT2D eigenvalue weighted by molar-refractivity contribution is 7.89. The molecule has 0 unspecified atom stereocenters. The second kappa shape index (κ2) is 10.1. The number of aliphatic hydroxyl groups excluding tert-OH is 2. The van der Waals surface area contributed by atoms with Crippen molar-refractivity contribution in [2.24, 2.45) is 0 Å². The van der Waals surface area contributed by atoms with Crippen molar-refractivity contribution in [1.29, 1.82) is 0 Å². The Labute approximate surface area is 228 Å². The SMILES string of the molecule is Cc1cc(S(=O)(=O)NC(C)(CO)CO)ccc1-c1cc(CC(=O)C2(c3ccc4c(c3)OCO4)CC2)ccc1C. The molecule has 3 aromatic carbocycles. The predicted octanol–water partition coefficient (Wildman–Crippen LogP) is 3.56. The number of fused-ring (bicyclic) bond motifs is 1. The van der Waals surface area contributed by atoms with Gasteiger partial charge in [-0.15, -0.1) is 0 Å². The fourth-order valence-corrected chi connectivity index (χ4v) is 6.55. The largest absolute Gasteiger partial charge is 0.454 e. The molecule has 0 saturated heterocycles. The van der Waals surface area contributed by atoms with Gasteiger partial charge in [0.15, 0.2) is 11.5 Å². The van der Waals surface area contributed by atoms with E-state index in [-0.39, 0.29) is 23.9 Å². The average molecular weight is 552 g/mol. The van der Waals surface area contributed by atoms with E-state index in [1.165, 1.54) is 13.0 Å². The van der Waals surface area contributed by atoms with Crippen molar-refractivity contribution in [1.82, 2.24) is 4.72 Å². The lowest BCUT2D eigenvalue weighted by molar-refractivity contribution is -0.120. The van der Waals surface area contributed by atoms with Gasteiger partial charge in [0.25, 0.3) is 0 Å². The molecule has 3 N–H and O–H groups in total. The standard InChI is InChI=1S/C30H33NO7S/c1-19-4-5-21(14-28(34)30(10-11-30)22-6-9-26-27(15-22)38-18-37-26)13-25(19)24-8-7-23(12-20(24)2)39(35,36)31-29(3,16-32)17-33/h4-9,12-13,15,31-33H,10-11,14,16-18H2,1-3H3. The highest BCUT2D eigenvalue weighted by atomic mass is 32.2. The normalized spacial score (nSPS) is 15.8. The highest BCUT2D eigenvalue weighted by Crippen LogP contribution is 2.51. The number of aliphatic hydroxyl groups is 2. The van der Waals surface area contributed by atoms with Crippen LogP contribution in [-0.2, 0) is 26.7 Å². The minimum Gasteiger partial charge on any atom is -0.454 e. The summed E-state index contributed by atoms with van der Waals surface area (Å²) in [5.74, 6) is 1.54. The number of ether oxygens (including phenoxy) is 2. The van der Waals surface area contributed by atoms with Gasteiger partial charge in [-0.05, 0) is 91.3 Å². The molecule has 3 aromatic rings. The maximum absolute atomic E-state index is 13.5. The predicted molar refractivity (Wildman–Crippen MR) is 146 cm³/mol. The molecule has 0 radical (unpaired) electrons. The van der Waals surface area contributed by atoms with Gasteiger partial charge in [0.05, 0.1) is 29.1 Å². The van der Waals surface area contributed by atoms with E-state index >= 15 is 0 Å². The molecule has 206 valence electrons. The van der Waals surface area contributed by atoms with Crippen molar-refractivity contribution in [3.8, 4) is 22.6 Å². The van der Waals surface area contributed by atoms with E-state index in [0.717, 1.165) is 46.2 Å². The smallest absolute Gasteiger partial charge is 0.241 e. The molecule has 9 heteroatoms. The van der Waals surface area contributed by atoms with Crippen LogP contribution in [0.5, 0.6) is 11.5 Å². The van der Waals surface area contributed by atoms with Crippen molar-refractivity contribution in [2.75, 3.05) is 20.0 Å². The maximum Gasteiger partial charge on any atom is 0.241 e. The molecule has 39 heavy (non-hydrogen) atoms. The van der Waals surface area contributed by atoms with Crippen LogP contribution in [0.2, 0.25) is 0 Å². The summed E-state index contributed by atoms with van der Waals surface area (Å²) in [4.78, 5) is 13.6. The Hall–Kier alpha value is -3.24. The first-order chi connectivity index (χ1) is 18.5. The minimum absolute atomic E-state index is 0.0419. The molecule has 1 fully saturated rings. The number of sulfonamides is 1. The van der Waals surface area contributed by atoms with Gasteiger partial charge < -0.3 is 19.7 Å². The van der Waals surface area contributed by atoms with Crippen molar-refractivity contribution >= 4 is 15.8 Å². The number of nitrogens with one attached hydrogen (secondary N) is 1. The average Bonchev–Trinajstić information content (AvgIpc) is 3.60. The van der Waals surface area contributed by atoms with Gasteiger partial charge in [-0.1, -0.05) is 30.3 Å². The third-order valence-electron chi connectivity index (χ3n) is 7.75. The lowest BCUT2D eigenvalue weighted by atomic mass is 9.86. The molecule has 0 atom stereocenters. The van der Waals surface area contributed by atoms with E-state index in [4.69, 9.17) is 9.47 Å². The number of Topliss-reactive ketones (excluding diaryl/α,β-unsaturated/α-hetero) is 1. The van der Waals surface area contributed by atoms with E-state index in [2.05, 4.69) is 4.72 Å². The fraction of sp³-hybridized carbons (Fsp3) is 0.367. The zero-order valence-corrected chi connectivity index (χ0v) is 23.1. The van der Waals surface area contributed by atoms with Crippen LogP contribution >= 0.6 is 0 Å². The summed E-state index contributed by atoms with van der Waals surface area (Å²) >= 11 is 0. The van der Waals surface area contributed by atoms with E-state index < -0.39 is 34.2 Å². The first-order valence-electron chi connectivity index (χ1n) is 12.9. The van der Waals surface area contributed by atoms with Gasteiger partial charge in [-0.2, -0.15) is 0 Å². The van der Waals surface area contributed by atoms with Gasteiger partial charge in [0, 0.05) is 6.42 Å². The molecule has 0 amide bonds. The van der Waals surface area contributed by atoms with Crippen LogP contribution in [-0.4, -0.2) is 50.0 Å². The van der Waals surface area contributed by atoms with Crippen LogP contribution in [0.15, 0.2) is 59.5 Å². The van der Waals surface area contributed by atoms with Crippen molar-refractivity contribution in [3.63, 3.8) is 0 Å². The van der Waals surface area contributed by atoms with Gasteiger partial charge in [-0.3, -0.25) is 4.79 Å². The number of hydrogen-bond acceptors (Lipinski definition) is 7. The molecule has 0 bridgehead atoms. The quantitative estimate of drug-likeness (QED) is 0.352. The van der Waals surface area contributed by atoms with Gasteiger partial charge in [0.2, 0.25) is 16.8 Å². The van der Waals surface area contributed by atoms with Crippen molar-refractivity contribution in [3.05, 3.63) is 76.9 Å². The summed E-state index contributed by atoms with van der Waals surface area (Å²) in [6, 6.07) is 16.5. The van der Waals surface area contributed by atoms with Crippen LogP contribution in [0.3, 0.4) is 0 Å². The maximum atomic E-state index is 13.5. The molecule has 2 aliphatic rings. The second-order valence-corrected chi connectivity index (χ2v) is 12.5. The molecule has 8 nitrogen and oxygen atoms in total. The zero-order chi connectivity index (χ0) is 28.0. The number of benzene rings is 3. The van der Waals surface area contributed by atoms with Crippen LogP contribution in [0.1, 0.15) is 42.0 Å². The summed E-state index contributed by atoms with van der Waals surface area (Å²) in [5, 5.41) is 19.0. The molecule has 1 aliphatic heterocycles. The summed E-state index contributed by atoms with van der Waals surface area (Å²) in [6.07, 6.45) is 1.90. The summed E-state index contributed by atoms with van der Waals surface area (Å²) < 4.78 is 39.1. The Morgan fingerprint density at radius 3 is 2.31 bits per heavy atom. The van der Waals surface area contributed by atoms with Gasteiger partial charge in [0.1, 0.15) is 5.78 Å². The number of ketones is 1. The molecule has 0 spiro atoms. The first kappa shape index (κ1) is 27.3. The van der Waals surface area contributed by atoms with Gasteiger partial charge in [-0.25, -0.2) is 13.1 Å². The highest BCUT2D eigenvalue weighted by Gasteiger charge is 2.50. The molecule has 5 rings (SSSR count). The molecule has 1 saturated carbocycles. The topological polar surface area (TPSA) is 122 Å². The molecular formula is C30H33NO7S. The Kier molecular flexibility index (Phi) is 7.05. The van der Waals surface area contributed by atoms with Crippen LogP contribution in [0.4, 0.5) is 0 Å². The number of hydrogen-bond donors (Lipinski definition) is 3. The van der Waals surface area contributed by atoms with E-state index in [1.807, 2.05) is 50.2 Å². The lowest BCUT2D eigenvalue weighted by Crippen LogP contribution is -2.51. The van der Waals surface area contributed by atoms with E-state index in [0.29, 0.717) is 11.5 Å². The first-order valence-corrected chi connectivity index (χ1v) is 14.4. The molecule has 1 heterocycles. The van der Waals surface area contributed by atoms with E-state index in [1.54, 1.807) is 12.1 Å². The number of carbonyl (C=O) groups is 1. The Morgan fingerprint density at radius 1 is 0.923 bits per heavy atom. The number of aryl methyl sites for hydroxylation is 2. The van der Waals surface area contributed by atoms with Crippen molar-refractivity contribution < 1.29 is 32.9 Å². The Bertz CT molecular complexity index is 1540. The lowest BCUT2D eigenvalue weighted by Gasteiger charge is -2.26. The second-order valence-electron chi connectivity index (χ2n) is 10.9. The fourth-order valence-electron chi connectivity index (χ4n) is 5.07. The minimum atomic E-state index is -3.97. The van der Waals surface area contributed by atoms with Crippen LogP contribution in [0.25, 0.3) is 11.1 Å². The van der Waals surface area contributed by atoms with Crippen LogP contribution in [0, 0.1) is 13.8 Å². The van der Waals surface area contributed by atoms with E-state index in [9.17, 15) is 23.4 Å². The number of rotatable bonds is 10.